The van der Waals surface area contributed by atoms with E-state index in [2.05, 4.69) is 35.9 Å². The molecular formula is C18H31N3O2. The Morgan fingerprint density at radius 3 is 2.74 bits per heavy atom. The van der Waals surface area contributed by atoms with E-state index in [4.69, 9.17) is 0 Å². The lowest BCUT2D eigenvalue weighted by Crippen LogP contribution is -2.32. The number of nitrogens with zero attached hydrogens (tertiary/aromatic N) is 2. The molecular weight excluding hydrogens is 290 g/mol. The van der Waals surface area contributed by atoms with E-state index < -0.39 is 0 Å². The fraction of sp³-hybridized carbons (Fsp3) is 0.778. The van der Waals surface area contributed by atoms with Crippen molar-refractivity contribution in [3.05, 3.63) is 17.0 Å². The number of carbonyl (C=O) groups excluding carboxylic acids is 1. The summed E-state index contributed by atoms with van der Waals surface area (Å²) in [5.74, 6) is 0.859. The molecule has 0 bridgehead atoms. The molecule has 130 valence electrons. The lowest BCUT2D eigenvalue weighted by atomic mass is 10.1. The van der Waals surface area contributed by atoms with Gasteiger partial charge in [-0.1, -0.05) is 20.3 Å². The minimum absolute atomic E-state index is 0.0690. The van der Waals surface area contributed by atoms with Crippen LogP contribution in [0.5, 0.6) is 0 Å². The van der Waals surface area contributed by atoms with Crippen LogP contribution in [0.1, 0.15) is 56.5 Å². The van der Waals surface area contributed by atoms with Crippen LogP contribution in [-0.4, -0.2) is 33.4 Å². The first-order valence-corrected chi connectivity index (χ1v) is 8.86. The van der Waals surface area contributed by atoms with Gasteiger partial charge in [-0.05, 0) is 44.6 Å². The molecule has 1 amide bonds. The average molecular weight is 321 g/mol. The summed E-state index contributed by atoms with van der Waals surface area (Å²) >= 11 is 0. The Kier molecular flexibility index (Phi) is 6.22. The van der Waals surface area contributed by atoms with E-state index in [1.807, 2.05) is 6.92 Å². The van der Waals surface area contributed by atoms with Crippen molar-refractivity contribution >= 4 is 5.91 Å². The number of aryl methyl sites for hydroxylation is 1. The predicted molar refractivity (Wildman–Crippen MR) is 91.2 cm³/mol. The molecule has 0 aromatic carbocycles. The largest absolute Gasteiger partial charge is 0.393 e. The van der Waals surface area contributed by atoms with Crippen LogP contribution >= 0.6 is 0 Å². The summed E-state index contributed by atoms with van der Waals surface area (Å²) in [4.78, 5) is 12.1. The standard InChI is InChI=1S/C18H31N3O2/c1-12(2)11-21-14(4)16(13(3)20-21)8-9-18(23)19-10-15-6-5-7-17(15)22/h12,15,17,22H,5-11H2,1-4H3,(H,19,23). The normalized spacial score (nSPS) is 21.1. The van der Waals surface area contributed by atoms with Crippen LogP contribution in [0.4, 0.5) is 0 Å². The molecule has 5 nitrogen and oxygen atoms in total. The predicted octanol–water partition coefficient (Wildman–Crippen LogP) is 2.37. The van der Waals surface area contributed by atoms with Gasteiger partial charge in [-0.2, -0.15) is 5.10 Å². The topological polar surface area (TPSA) is 67.2 Å². The first-order valence-electron chi connectivity index (χ1n) is 8.86. The van der Waals surface area contributed by atoms with Crippen molar-refractivity contribution in [2.45, 2.75) is 72.4 Å². The molecule has 2 atom stereocenters. The van der Waals surface area contributed by atoms with Crippen LogP contribution in [0.2, 0.25) is 0 Å². The Bertz CT molecular complexity index is 537. The van der Waals surface area contributed by atoms with Crippen molar-refractivity contribution in [2.24, 2.45) is 11.8 Å². The second kappa shape index (κ2) is 7.95. The summed E-state index contributed by atoms with van der Waals surface area (Å²) in [6.45, 7) is 9.99. The smallest absolute Gasteiger partial charge is 0.220 e. The lowest BCUT2D eigenvalue weighted by Gasteiger charge is -2.15. The molecule has 0 radical (unpaired) electrons. The molecule has 23 heavy (non-hydrogen) atoms. The second-order valence-corrected chi connectivity index (χ2v) is 7.29. The zero-order valence-electron chi connectivity index (χ0n) is 14.9. The SMILES string of the molecule is Cc1nn(CC(C)C)c(C)c1CCC(=O)NCC1CCCC1O. The third-order valence-electron chi connectivity index (χ3n) is 4.85. The molecule has 0 spiro atoms. The quantitative estimate of drug-likeness (QED) is 0.810. The van der Waals surface area contributed by atoms with Crippen molar-refractivity contribution in [3.8, 4) is 0 Å². The van der Waals surface area contributed by atoms with Crippen LogP contribution in [0.25, 0.3) is 0 Å². The molecule has 5 heteroatoms. The van der Waals surface area contributed by atoms with E-state index in [0.29, 0.717) is 18.9 Å². The van der Waals surface area contributed by atoms with Gasteiger partial charge in [-0.3, -0.25) is 9.48 Å². The number of aromatic nitrogens is 2. The minimum atomic E-state index is -0.242. The molecule has 0 saturated heterocycles. The molecule has 2 unspecified atom stereocenters. The van der Waals surface area contributed by atoms with Gasteiger partial charge in [-0.25, -0.2) is 0 Å². The lowest BCUT2D eigenvalue weighted by molar-refractivity contribution is -0.121. The maximum absolute atomic E-state index is 12.1. The maximum Gasteiger partial charge on any atom is 0.220 e. The van der Waals surface area contributed by atoms with Gasteiger partial charge in [0.2, 0.25) is 5.91 Å². The molecule has 1 aromatic heterocycles. The number of rotatable bonds is 7. The summed E-state index contributed by atoms with van der Waals surface area (Å²) < 4.78 is 2.06. The zero-order chi connectivity index (χ0) is 17.0. The highest BCUT2D eigenvalue weighted by molar-refractivity contribution is 5.76. The number of aliphatic hydroxyl groups is 1. The molecule has 1 aliphatic rings. The van der Waals surface area contributed by atoms with E-state index in [9.17, 15) is 9.90 Å². The van der Waals surface area contributed by atoms with E-state index >= 15 is 0 Å². The zero-order valence-corrected chi connectivity index (χ0v) is 14.9. The van der Waals surface area contributed by atoms with Gasteiger partial charge in [0.25, 0.3) is 0 Å². The van der Waals surface area contributed by atoms with Crippen molar-refractivity contribution in [2.75, 3.05) is 6.54 Å². The Hall–Kier alpha value is -1.36. The number of carbonyl (C=O) groups is 1. The monoisotopic (exact) mass is 321 g/mol. The highest BCUT2D eigenvalue weighted by atomic mass is 16.3. The number of aliphatic hydroxyl groups excluding tert-OH is 1. The van der Waals surface area contributed by atoms with Gasteiger partial charge in [-0.15, -0.1) is 0 Å². The number of hydrogen-bond acceptors (Lipinski definition) is 3. The van der Waals surface area contributed by atoms with Gasteiger partial charge >= 0.3 is 0 Å². The maximum atomic E-state index is 12.1. The molecule has 1 aromatic rings. The summed E-state index contributed by atoms with van der Waals surface area (Å²) in [5.41, 5.74) is 3.40. The van der Waals surface area contributed by atoms with Crippen LogP contribution in [-0.2, 0) is 17.8 Å². The van der Waals surface area contributed by atoms with Gasteiger partial charge < -0.3 is 10.4 Å². The molecule has 1 saturated carbocycles. The van der Waals surface area contributed by atoms with Crippen LogP contribution < -0.4 is 5.32 Å². The Morgan fingerprint density at radius 2 is 2.13 bits per heavy atom. The summed E-state index contributed by atoms with van der Waals surface area (Å²) in [7, 11) is 0. The van der Waals surface area contributed by atoms with E-state index in [1.165, 1.54) is 11.3 Å². The molecule has 2 rings (SSSR count). The molecule has 1 fully saturated rings. The van der Waals surface area contributed by atoms with Gasteiger partial charge in [0.15, 0.2) is 0 Å². The summed E-state index contributed by atoms with van der Waals surface area (Å²) in [6.07, 6.45) is 3.92. The van der Waals surface area contributed by atoms with Gasteiger partial charge in [0, 0.05) is 31.1 Å². The highest BCUT2D eigenvalue weighted by Gasteiger charge is 2.25. The third-order valence-corrected chi connectivity index (χ3v) is 4.85. The van der Waals surface area contributed by atoms with Gasteiger partial charge in [0.1, 0.15) is 0 Å². The second-order valence-electron chi connectivity index (χ2n) is 7.29. The molecule has 1 aliphatic carbocycles. The molecule has 2 N–H and O–H groups in total. The van der Waals surface area contributed by atoms with E-state index in [0.717, 1.165) is 37.9 Å². The van der Waals surface area contributed by atoms with Crippen LogP contribution in [0, 0.1) is 25.7 Å². The first kappa shape index (κ1) is 18.0. The number of hydrogen-bond donors (Lipinski definition) is 2. The van der Waals surface area contributed by atoms with Crippen LogP contribution in [0.15, 0.2) is 0 Å². The number of nitrogens with one attached hydrogen (secondary N) is 1. The number of amides is 1. The Morgan fingerprint density at radius 1 is 1.39 bits per heavy atom. The minimum Gasteiger partial charge on any atom is -0.393 e. The highest BCUT2D eigenvalue weighted by Crippen LogP contribution is 2.24. The Balaban J connectivity index is 1.83. The van der Waals surface area contributed by atoms with Crippen LogP contribution in [0.3, 0.4) is 0 Å². The van der Waals surface area contributed by atoms with E-state index in [-0.39, 0.29) is 17.9 Å². The third kappa shape index (κ3) is 4.80. The van der Waals surface area contributed by atoms with Crippen molar-refractivity contribution < 1.29 is 9.90 Å². The average Bonchev–Trinajstić information content (AvgIpc) is 2.99. The molecule has 1 heterocycles. The van der Waals surface area contributed by atoms with Crippen molar-refractivity contribution in [3.63, 3.8) is 0 Å². The molecule has 0 aliphatic heterocycles. The summed E-state index contributed by atoms with van der Waals surface area (Å²) in [5, 5.41) is 17.4. The first-order chi connectivity index (χ1) is 10.9. The van der Waals surface area contributed by atoms with Gasteiger partial charge in [0.05, 0.1) is 11.8 Å². The summed E-state index contributed by atoms with van der Waals surface area (Å²) in [6, 6.07) is 0. The fourth-order valence-electron chi connectivity index (χ4n) is 3.45. The fourth-order valence-corrected chi connectivity index (χ4v) is 3.45. The van der Waals surface area contributed by atoms with Crippen molar-refractivity contribution in [1.82, 2.24) is 15.1 Å². The van der Waals surface area contributed by atoms with Crippen molar-refractivity contribution in [1.29, 1.82) is 0 Å². The Labute approximate surface area is 139 Å². The van der Waals surface area contributed by atoms with E-state index in [1.54, 1.807) is 0 Å².